The number of imidazole rings is 1. The lowest BCUT2D eigenvalue weighted by molar-refractivity contribution is -0.384. The van der Waals surface area contributed by atoms with Crippen molar-refractivity contribution >= 4 is 45.6 Å². The number of amides is 1. The molecule has 0 aliphatic carbocycles. The van der Waals surface area contributed by atoms with Crippen LogP contribution in [0.1, 0.15) is 5.56 Å². The molecule has 1 amide bonds. The zero-order chi connectivity index (χ0) is 21.3. The molecule has 0 aliphatic heterocycles. The van der Waals surface area contributed by atoms with Gasteiger partial charge in [-0.05, 0) is 23.8 Å². The van der Waals surface area contributed by atoms with Crippen molar-refractivity contribution in [1.82, 2.24) is 19.4 Å². The molecule has 4 aromatic rings. The first-order valence-corrected chi connectivity index (χ1v) is 10.3. The van der Waals surface area contributed by atoms with Crippen LogP contribution < -0.4 is 0 Å². The molecule has 0 unspecified atom stereocenters. The summed E-state index contributed by atoms with van der Waals surface area (Å²) in [5.41, 5.74) is 4.47. The van der Waals surface area contributed by atoms with Crippen LogP contribution in [-0.2, 0) is 17.9 Å². The Bertz CT molecular complexity index is 1240. The van der Waals surface area contributed by atoms with E-state index in [0.29, 0.717) is 22.1 Å². The Kier molecular flexibility index (Phi) is 5.47. The molecule has 0 fully saturated rings. The maximum Gasteiger partial charge on any atom is 0.269 e. The number of para-hydroxylation sites is 2. The van der Waals surface area contributed by atoms with Gasteiger partial charge in [0.1, 0.15) is 12.2 Å². The zero-order valence-corrected chi connectivity index (χ0v) is 17.4. The largest absolute Gasteiger partial charge is 0.340 e. The van der Waals surface area contributed by atoms with Crippen LogP contribution in [0.3, 0.4) is 0 Å². The number of non-ortho nitro benzene ring substituents is 1. The number of hydrogen-bond donors (Lipinski definition) is 0. The summed E-state index contributed by atoms with van der Waals surface area (Å²) >= 11 is 7.64. The minimum atomic E-state index is -0.487. The van der Waals surface area contributed by atoms with Gasteiger partial charge in [0, 0.05) is 36.1 Å². The Morgan fingerprint density at radius 3 is 2.83 bits per heavy atom. The monoisotopic (exact) mass is 441 g/mol. The highest BCUT2D eigenvalue weighted by Crippen LogP contribution is 2.26. The third-order valence-corrected chi connectivity index (χ3v) is 5.64. The fourth-order valence-corrected chi connectivity index (χ4v) is 3.86. The highest BCUT2D eigenvalue weighted by atomic mass is 35.5. The Balaban J connectivity index is 1.61. The van der Waals surface area contributed by atoms with Gasteiger partial charge in [0.2, 0.25) is 5.91 Å². The molecule has 2 aromatic carbocycles. The van der Waals surface area contributed by atoms with Gasteiger partial charge in [0.15, 0.2) is 5.82 Å². The van der Waals surface area contributed by atoms with Crippen LogP contribution in [0.4, 0.5) is 5.69 Å². The summed E-state index contributed by atoms with van der Waals surface area (Å²) < 4.78 is 1.83. The number of nitro groups is 1. The second-order valence-corrected chi connectivity index (χ2v) is 7.79. The molecule has 0 aliphatic rings. The predicted molar refractivity (Wildman–Crippen MR) is 115 cm³/mol. The van der Waals surface area contributed by atoms with Crippen LogP contribution in [0.25, 0.3) is 22.6 Å². The number of aromatic nitrogens is 3. The number of fused-ring (bicyclic) bond motifs is 1. The van der Waals surface area contributed by atoms with E-state index < -0.39 is 4.92 Å². The fourth-order valence-electron chi connectivity index (χ4n) is 3.15. The number of nitrogens with zero attached hydrogens (tertiary/aromatic N) is 5. The Hall–Kier alpha value is -3.30. The van der Waals surface area contributed by atoms with E-state index in [2.05, 4.69) is 9.97 Å². The van der Waals surface area contributed by atoms with Crippen LogP contribution >= 0.6 is 22.9 Å². The fraction of sp³-hybridized carbons (Fsp3) is 0.150. The van der Waals surface area contributed by atoms with Crippen molar-refractivity contribution in [3.05, 3.63) is 74.1 Å². The number of hydrogen-bond acceptors (Lipinski definition) is 6. The van der Waals surface area contributed by atoms with Crippen molar-refractivity contribution in [3.63, 3.8) is 0 Å². The molecule has 0 spiro atoms. The van der Waals surface area contributed by atoms with E-state index in [1.54, 1.807) is 12.6 Å². The Morgan fingerprint density at radius 2 is 2.10 bits per heavy atom. The number of carbonyl (C=O) groups excluding carboxylic acids is 1. The SMILES string of the molecule is CN(Cc1cc([N+](=O)[O-])ccc1Cl)C(=O)Cn1c(-c2cscn2)nc2ccccc21. The van der Waals surface area contributed by atoms with Gasteiger partial charge >= 0.3 is 0 Å². The van der Waals surface area contributed by atoms with Crippen LogP contribution in [-0.4, -0.2) is 37.3 Å². The lowest BCUT2D eigenvalue weighted by Gasteiger charge is -2.19. The van der Waals surface area contributed by atoms with E-state index in [0.717, 1.165) is 11.0 Å². The van der Waals surface area contributed by atoms with E-state index in [1.807, 2.05) is 34.2 Å². The first kappa shape index (κ1) is 20.0. The van der Waals surface area contributed by atoms with Gasteiger partial charge in [-0.1, -0.05) is 23.7 Å². The minimum Gasteiger partial charge on any atom is -0.340 e. The Morgan fingerprint density at radius 1 is 1.30 bits per heavy atom. The maximum absolute atomic E-state index is 13.0. The third-order valence-electron chi connectivity index (χ3n) is 4.68. The van der Waals surface area contributed by atoms with Gasteiger partial charge in [-0.2, -0.15) is 0 Å². The van der Waals surface area contributed by atoms with Gasteiger partial charge in [0.25, 0.3) is 5.69 Å². The molecular weight excluding hydrogens is 426 g/mol. The van der Waals surface area contributed by atoms with Crippen LogP contribution in [0.15, 0.2) is 53.4 Å². The lowest BCUT2D eigenvalue weighted by atomic mass is 10.2. The van der Waals surface area contributed by atoms with Crippen molar-refractivity contribution in [2.45, 2.75) is 13.1 Å². The summed E-state index contributed by atoms with van der Waals surface area (Å²) in [5, 5.41) is 13.3. The summed E-state index contributed by atoms with van der Waals surface area (Å²) in [4.78, 5) is 34.0. The van der Waals surface area contributed by atoms with Gasteiger partial charge in [-0.15, -0.1) is 11.3 Å². The standard InChI is InChI=1S/C20H16ClN5O3S/c1-24(9-13-8-14(26(28)29)6-7-15(13)21)19(27)10-25-18-5-3-2-4-16(18)23-20(25)17-11-30-12-22-17/h2-8,11-12H,9-10H2,1H3. The van der Waals surface area contributed by atoms with Gasteiger partial charge in [-0.25, -0.2) is 9.97 Å². The van der Waals surface area contributed by atoms with E-state index in [-0.39, 0.29) is 24.7 Å². The number of benzene rings is 2. The average molecular weight is 442 g/mol. The van der Waals surface area contributed by atoms with Crippen LogP contribution in [0, 0.1) is 10.1 Å². The number of likely N-dealkylation sites (N-methyl/N-ethyl adjacent to an activating group) is 1. The highest BCUT2D eigenvalue weighted by molar-refractivity contribution is 7.07. The lowest BCUT2D eigenvalue weighted by Crippen LogP contribution is -2.30. The first-order chi connectivity index (χ1) is 14.4. The number of carbonyl (C=O) groups is 1. The van der Waals surface area contributed by atoms with E-state index >= 15 is 0 Å². The highest BCUT2D eigenvalue weighted by Gasteiger charge is 2.19. The van der Waals surface area contributed by atoms with Crippen molar-refractivity contribution in [3.8, 4) is 11.5 Å². The predicted octanol–water partition coefficient (Wildman–Crippen LogP) is 4.38. The second-order valence-electron chi connectivity index (χ2n) is 6.67. The molecule has 0 saturated carbocycles. The molecule has 0 bridgehead atoms. The number of halogens is 1. The van der Waals surface area contributed by atoms with E-state index in [1.165, 1.54) is 34.4 Å². The van der Waals surface area contributed by atoms with E-state index in [4.69, 9.17) is 11.6 Å². The van der Waals surface area contributed by atoms with Gasteiger partial charge in [-0.3, -0.25) is 14.9 Å². The number of rotatable bonds is 6. The summed E-state index contributed by atoms with van der Waals surface area (Å²) in [6.45, 7) is 0.203. The number of thiazole rings is 1. The average Bonchev–Trinajstić information content (AvgIpc) is 3.37. The zero-order valence-electron chi connectivity index (χ0n) is 15.9. The topological polar surface area (TPSA) is 94.2 Å². The Labute approximate surface area is 180 Å². The summed E-state index contributed by atoms with van der Waals surface area (Å²) in [6.07, 6.45) is 0. The third kappa shape index (κ3) is 3.89. The molecular formula is C20H16ClN5O3S. The minimum absolute atomic E-state index is 0.0520. The van der Waals surface area contributed by atoms with Crippen molar-refractivity contribution in [2.24, 2.45) is 0 Å². The molecule has 2 aromatic heterocycles. The van der Waals surface area contributed by atoms with Crippen LogP contribution in [0.5, 0.6) is 0 Å². The van der Waals surface area contributed by atoms with Crippen molar-refractivity contribution in [2.75, 3.05) is 7.05 Å². The molecule has 152 valence electrons. The molecule has 10 heteroatoms. The van der Waals surface area contributed by atoms with Crippen molar-refractivity contribution in [1.29, 1.82) is 0 Å². The first-order valence-electron chi connectivity index (χ1n) is 8.94. The summed E-state index contributed by atoms with van der Waals surface area (Å²) in [6, 6.07) is 11.8. The van der Waals surface area contributed by atoms with Gasteiger partial charge in [0.05, 0.1) is 21.5 Å². The summed E-state index contributed by atoms with van der Waals surface area (Å²) in [7, 11) is 1.64. The normalized spacial score (nSPS) is 11.0. The molecule has 0 atom stereocenters. The molecule has 0 saturated heterocycles. The maximum atomic E-state index is 13.0. The molecule has 2 heterocycles. The molecule has 4 rings (SSSR count). The second kappa shape index (κ2) is 8.21. The van der Waals surface area contributed by atoms with Gasteiger partial charge < -0.3 is 9.47 Å². The van der Waals surface area contributed by atoms with Crippen LogP contribution in [0.2, 0.25) is 5.02 Å². The molecule has 30 heavy (non-hydrogen) atoms. The molecule has 0 radical (unpaired) electrons. The quantitative estimate of drug-likeness (QED) is 0.327. The molecule has 0 N–H and O–H groups in total. The van der Waals surface area contributed by atoms with E-state index in [9.17, 15) is 14.9 Å². The summed E-state index contributed by atoms with van der Waals surface area (Å²) in [5.74, 6) is 0.435. The molecule has 8 nitrogen and oxygen atoms in total. The smallest absolute Gasteiger partial charge is 0.269 e. The van der Waals surface area contributed by atoms with Crippen molar-refractivity contribution < 1.29 is 9.72 Å². The number of nitro benzene ring substituents is 1.